The summed E-state index contributed by atoms with van der Waals surface area (Å²) in [7, 11) is 0. The molecular weight excluding hydrogens is 338 g/mol. The molecule has 0 radical (unpaired) electrons. The Bertz CT molecular complexity index is 373. The van der Waals surface area contributed by atoms with Gasteiger partial charge < -0.3 is 4.74 Å². The molecular formula is C10H8BrCl3O2. The number of esters is 1. The molecule has 0 amide bonds. The van der Waals surface area contributed by atoms with Gasteiger partial charge in [0.2, 0.25) is 3.79 Å². The average Bonchev–Trinajstić information content (AvgIpc) is 2.14. The third kappa shape index (κ3) is 4.13. The van der Waals surface area contributed by atoms with Gasteiger partial charge in [0, 0.05) is 11.4 Å². The average molecular weight is 346 g/mol. The van der Waals surface area contributed by atoms with Crippen LogP contribution >= 0.6 is 50.7 Å². The predicted molar refractivity (Wildman–Crippen MR) is 68.9 cm³/mol. The van der Waals surface area contributed by atoms with Crippen LogP contribution in [0.2, 0.25) is 0 Å². The Morgan fingerprint density at radius 2 is 1.81 bits per heavy atom. The molecule has 0 N–H and O–H groups in total. The smallest absolute Gasteiger partial charge is 0.303 e. The van der Waals surface area contributed by atoms with E-state index in [1.165, 1.54) is 6.92 Å². The standard InChI is InChI=1S/C10H8BrCl3O2/c1-6(15)16-9(10(12,13)14)7-2-4-8(11)5-3-7/h2-5,9H,1H3. The SMILES string of the molecule is CC(=O)OC(c1ccc(Br)cc1)C(Cl)(Cl)Cl. The van der Waals surface area contributed by atoms with E-state index in [9.17, 15) is 4.79 Å². The molecule has 0 heterocycles. The van der Waals surface area contributed by atoms with Crippen molar-refractivity contribution in [3.63, 3.8) is 0 Å². The molecule has 0 aliphatic rings. The summed E-state index contributed by atoms with van der Waals surface area (Å²) in [6.07, 6.45) is -0.914. The maximum atomic E-state index is 10.9. The molecule has 1 aromatic carbocycles. The molecule has 0 bridgehead atoms. The molecule has 6 heteroatoms. The van der Waals surface area contributed by atoms with Crippen LogP contribution in [0.5, 0.6) is 0 Å². The zero-order chi connectivity index (χ0) is 12.3. The highest BCUT2D eigenvalue weighted by Gasteiger charge is 2.36. The van der Waals surface area contributed by atoms with Gasteiger partial charge in [-0.3, -0.25) is 4.79 Å². The third-order valence-corrected chi connectivity index (χ3v) is 2.88. The number of alkyl halides is 3. The number of carbonyl (C=O) groups is 1. The maximum Gasteiger partial charge on any atom is 0.303 e. The van der Waals surface area contributed by atoms with Crippen molar-refractivity contribution in [2.75, 3.05) is 0 Å². The number of rotatable bonds is 2. The van der Waals surface area contributed by atoms with Gasteiger partial charge in [-0.25, -0.2) is 0 Å². The molecule has 16 heavy (non-hydrogen) atoms. The molecule has 1 atom stereocenters. The van der Waals surface area contributed by atoms with E-state index in [4.69, 9.17) is 39.5 Å². The minimum atomic E-state index is -1.69. The number of hydrogen-bond acceptors (Lipinski definition) is 2. The van der Waals surface area contributed by atoms with Crippen LogP contribution in [-0.2, 0) is 9.53 Å². The van der Waals surface area contributed by atoms with Crippen molar-refractivity contribution in [3.05, 3.63) is 34.3 Å². The lowest BCUT2D eigenvalue weighted by molar-refractivity contribution is -0.146. The van der Waals surface area contributed by atoms with Gasteiger partial charge in [0.05, 0.1) is 0 Å². The highest BCUT2D eigenvalue weighted by molar-refractivity contribution is 9.10. The van der Waals surface area contributed by atoms with Crippen molar-refractivity contribution >= 4 is 56.7 Å². The largest absolute Gasteiger partial charge is 0.453 e. The fourth-order valence-corrected chi connectivity index (χ4v) is 1.90. The van der Waals surface area contributed by atoms with Gasteiger partial charge in [0.15, 0.2) is 6.10 Å². The third-order valence-electron chi connectivity index (χ3n) is 1.75. The van der Waals surface area contributed by atoms with Gasteiger partial charge in [-0.05, 0) is 17.7 Å². The highest BCUT2D eigenvalue weighted by Crippen LogP contribution is 2.42. The summed E-state index contributed by atoms with van der Waals surface area (Å²) in [6, 6.07) is 7.00. The van der Waals surface area contributed by atoms with Crippen LogP contribution in [0.25, 0.3) is 0 Å². The molecule has 1 unspecified atom stereocenters. The van der Waals surface area contributed by atoms with E-state index in [1.54, 1.807) is 24.3 Å². The minimum Gasteiger partial charge on any atom is -0.453 e. The van der Waals surface area contributed by atoms with Crippen LogP contribution in [0.3, 0.4) is 0 Å². The maximum absolute atomic E-state index is 10.9. The molecule has 2 nitrogen and oxygen atoms in total. The van der Waals surface area contributed by atoms with Crippen LogP contribution in [0.1, 0.15) is 18.6 Å². The molecule has 0 spiro atoms. The number of carbonyl (C=O) groups excluding carboxylic acids is 1. The van der Waals surface area contributed by atoms with E-state index in [1.807, 2.05) is 0 Å². The monoisotopic (exact) mass is 344 g/mol. The van der Waals surface area contributed by atoms with Gasteiger partial charge in [0.25, 0.3) is 0 Å². The Labute approximate surface area is 117 Å². The van der Waals surface area contributed by atoms with E-state index in [-0.39, 0.29) is 0 Å². The highest BCUT2D eigenvalue weighted by atomic mass is 79.9. The first-order valence-electron chi connectivity index (χ1n) is 4.30. The topological polar surface area (TPSA) is 26.3 Å². The van der Waals surface area contributed by atoms with Crippen molar-refractivity contribution in [1.82, 2.24) is 0 Å². The summed E-state index contributed by atoms with van der Waals surface area (Å²) in [5, 5.41) is 0. The lowest BCUT2D eigenvalue weighted by Gasteiger charge is -2.24. The minimum absolute atomic E-state index is 0.501. The number of hydrogen-bond donors (Lipinski definition) is 0. The molecule has 0 aromatic heterocycles. The van der Waals surface area contributed by atoms with Crippen LogP contribution in [0.15, 0.2) is 28.7 Å². The van der Waals surface area contributed by atoms with Crippen molar-refractivity contribution in [1.29, 1.82) is 0 Å². The summed E-state index contributed by atoms with van der Waals surface area (Å²) in [5.41, 5.74) is 0.624. The molecule has 0 fully saturated rings. The van der Waals surface area contributed by atoms with E-state index in [0.29, 0.717) is 5.56 Å². The first-order chi connectivity index (χ1) is 7.30. The summed E-state index contributed by atoms with van der Waals surface area (Å²) in [6.45, 7) is 1.27. The first kappa shape index (κ1) is 14.1. The Balaban J connectivity index is 3.01. The van der Waals surface area contributed by atoms with Crippen LogP contribution in [-0.4, -0.2) is 9.76 Å². The lowest BCUT2D eigenvalue weighted by atomic mass is 10.1. The van der Waals surface area contributed by atoms with E-state index >= 15 is 0 Å². The van der Waals surface area contributed by atoms with Crippen LogP contribution < -0.4 is 0 Å². The summed E-state index contributed by atoms with van der Waals surface area (Å²) < 4.78 is 4.19. The molecule has 1 rings (SSSR count). The predicted octanol–water partition coefficient (Wildman–Crippen LogP) is 4.42. The van der Waals surface area contributed by atoms with Gasteiger partial charge in [-0.1, -0.05) is 62.9 Å². The van der Waals surface area contributed by atoms with Crippen LogP contribution in [0, 0.1) is 0 Å². The van der Waals surface area contributed by atoms with E-state index < -0.39 is 15.9 Å². The molecule has 88 valence electrons. The zero-order valence-electron chi connectivity index (χ0n) is 8.22. The quantitative estimate of drug-likeness (QED) is 0.585. The summed E-state index contributed by atoms with van der Waals surface area (Å²) in [4.78, 5) is 10.9. The zero-order valence-corrected chi connectivity index (χ0v) is 12.1. The summed E-state index contributed by atoms with van der Waals surface area (Å²) >= 11 is 20.6. The van der Waals surface area contributed by atoms with Crippen molar-refractivity contribution in [2.24, 2.45) is 0 Å². The Morgan fingerprint density at radius 3 is 2.19 bits per heavy atom. The van der Waals surface area contributed by atoms with E-state index in [0.717, 1.165) is 4.47 Å². The first-order valence-corrected chi connectivity index (χ1v) is 6.23. The van der Waals surface area contributed by atoms with Crippen molar-refractivity contribution in [2.45, 2.75) is 16.8 Å². The van der Waals surface area contributed by atoms with Gasteiger partial charge in [0.1, 0.15) is 0 Å². The molecule has 0 aliphatic heterocycles. The Kier molecular flexibility index (Phi) is 4.92. The summed E-state index contributed by atoms with van der Waals surface area (Å²) in [5.74, 6) is -0.501. The normalized spacial score (nSPS) is 13.3. The lowest BCUT2D eigenvalue weighted by Crippen LogP contribution is -2.22. The molecule has 0 saturated carbocycles. The van der Waals surface area contributed by atoms with Crippen molar-refractivity contribution in [3.8, 4) is 0 Å². The second-order valence-electron chi connectivity index (χ2n) is 3.08. The Hall–Kier alpha value is 0.0400. The fraction of sp³-hybridized carbons (Fsp3) is 0.300. The second kappa shape index (κ2) is 5.58. The second-order valence-corrected chi connectivity index (χ2v) is 6.37. The molecule has 1 aromatic rings. The van der Waals surface area contributed by atoms with Gasteiger partial charge >= 0.3 is 5.97 Å². The number of ether oxygens (including phenoxy) is 1. The number of benzene rings is 1. The van der Waals surface area contributed by atoms with Crippen LogP contribution in [0.4, 0.5) is 0 Å². The van der Waals surface area contributed by atoms with Crippen molar-refractivity contribution < 1.29 is 9.53 Å². The molecule has 0 aliphatic carbocycles. The van der Waals surface area contributed by atoms with Gasteiger partial charge in [-0.2, -0.15) is 0 Å². The van der Waals surface area contributed by atoms with Gasteiger partial charge in [-0.15, -0.1) is 0 Å². The number of halogens is 4. The Morgan fingerprint density at radius 1 is 1.31 bits per heavy atom. The van der Waals surface area contributed by atoms with E-state index in [2.05, 4.69) is 15.9 Å². The fourth-order valence-electron chi connectivity index (χ4n) is 1.13. The molecule has 0 saturated heterocycles.